The van der Waals surface area contributed by atoms with Crippen LogP contribution in [0.15, 0.2) is 36.4 Å². The minimum Gasteiger partial charge on any atom is -0.497 e. The zero-order valence-electron chi connectivity index (χ0n) is 10.8. The number of nitrogens with one attached hydrogen (secondary N) is 1. The molecule has 3 heteroatoms. The molecule has 0 aliphatic heterocycles. The second-order valence-electron chi connectivity index (χ2n) is 4.28. The van der Waals surface area contributed by atoms with Gasteiger partial charge in [-0.05, 0) is 61.4 Å². The molecule has 1 N–H and O–H groups in total. The molecule has 0 radical (unpaired) electrons. The van der Waals surface area contributed by atoms with E-state index in [9.17, 15) is 4.39 Å². The predicted molar refractivity (Wildman–Crippen MR) is 72.2 cm³/mol. The lowest BCUT2D eigenvalue weighted by molar-refractivity contribution is 0.415. The third-order valence-corrected chi connectivity index (χ3v) is 2.82. The molecule has 0 aliphatic rings. The van der Waals surface area contributed by atoms with Gasteiger partial charge in [-0.2, -0.15) is 0 Å². The number of methoxy groups -OCH3 is 1. The summed E-state index contributed by atoms with van der Waals surface area (Å²) in [6, 6.07) is 11.2. The van der Waals surface area contributed by atoms with Gasteiger partial charge in [0.2, 0.25) is 0 Å². The van der Waals surface area contributed by atoms with Gasteiger partial charge < -0.3 is 10.1 Å². The Hall–Kier alpha value is -2.03. The topological polar surface area (TPSA) is 21.3 Å². The lowest BCUT2D eigenvalue weighted by atomic mass is 10.1. The van der Waals surface area contributed by atoms with Gasteiger partial charge in [0.05, 0.1) is 7.11 Å². The molecule has 2 aromatic rings. The van der Waals surface area contributed by atoms with Gasteiger partial charge in [-0.15, -0.1) is 0 Å². The van der Waals surface area contributed by atoms with E-state index < -0.39 is 0 Å². The molecule has 2 aromatic carbocycles. The van der Waals surface area contributed by atoms with Crippen molar-refractivity contribution in [2.75, 3.05) is 12.4 Å². The second-order valence-corrected chi connectivity index (χ2v) is 4.28. The van der Waals surface area contributed by atoms with E-state index in [2.05, 4.69) is 5.32 Å². The third kappa shape index (κ3) is 2.62. The number of rotatable bonds is 3. The fourth-order valence-electron chi connectivity index (χ4n) is 1.86. The number of benzene rings is 2. The Bertz CT molecular complexity index is 526. The van der Waals surface area contributed by atoms with E-state index in [4.69, 9.17) is 4.74 Å². The number of anilines is 2. The summed E-state index contributed by atoms with van der Waals surface area (Å²) in [5.41, 5.74) is 3.12. The molecule has 0 saturated heterocycles. The highest BCUT2D eigenvalue weighted by atomic mass is 19.1. The molecule has 0 fully saturated rings. The van der Waals surface area contributed by atoms with Crippen LogP contribution in [0.25, 0.3) is 0 Å². The van der Waals surface area contributed by atoms with Crippen LogP contribution >= 0.6 is 0 Å². The standard InChI is InChI=1S/C15H16FNO/c1-10-8-13(9-11(2)15(10)16)17-12-4-6-14(18-3)7-5-12/h4-9,17H,1-3H3. The van der Waals surface area contributed by atoms with Crippen LogP contribution in [-0.2, 0) is 0 Å². The Labute approximate surface area is 106 Å². The average Bonchev–Trinajstić information content (AvgIpc) is 2.37. The van der Waals surface area contributed by atoms with Crippen LogP contribution in [0.4, 0.5) is 15.8 Å². The van der Waals surface area contributed by atoms with Crippen LogP contribution in [0.5, 0.6) is 5.75 Å². The van der Waals surface area contributed by atoms with Gasteiger partial charge in [0.1, 0.15) is 11.6 Å². The van der Waals surface area contributed by atoms with E-state index in [1.165, 1.54) is 0 Å². The number of hydrogen-bond donors (Lipinski definition) is 1. The summed E-state index contributed by atoms with van der Waals surface area (Å²) < 4.78 is 18.6. The lowest BCUT2D eigenvalue weighted by Gasteiger charge is -2.10. The molecule has 94 valence electrons. The van der Waals surface area contributed by atoms with E-state index in [0.717, 1.165) is 17.1 Å². The first-order chi connectivity index (χ1) is 8.60. The van der Waals surface area contributed by atoms with Gasteiger partial charge in [-0.1, -0.05) is 0 Å². The van der Waals surface area contributed by atoms with Gasteiger partial charge in [-0.3, -0.25) is 0 Å². The number of aryl methyl sites for hydroxylation is 2. The third-order valence-electron chi connectivity index (χ3n) is 2.82. The fourth-order valence-corrected chi connectivity index (χ4v) is 1.86. The molecule has 0 aliphatic carbocycles. The first-order valence-corrected chi connectivity index (χ1v) is 5.78. The monoisotopic (exact) mass is 245 g/mol. The van der Waals surface area contributed by atoms with Crippen LogP contribution < -0.4 is 10.1 Å². The molecule has 0 unspecified atom stereocenters. The number of halogens is 1. The van der Waals surface area contributed by atoms with Crippen LogP contribution in [0.1, 0.15) is 11.1 Å². The molecular formula is C15H16FNO. The largest absolute Gasteiger partial charge is 0.497 e. The first kappa shape index (κ1) is 12.4. The Balaban J connectivity index is 2.23. The van der Waals surface area contributed by atoms with Crippen molar-refractivity contribution in [2.45, 2.75) is 13.8 Å². The summed E-state index contributed by atoms with van der Waals surface area (Å²) in [4.78, 5) is 0. The maximum Gasteiger partial charge on any atom is 0.129 e. The first-order valence-electron chi connectivity index (χ1n) is 5.78. The van der Waals surface area contributed by atoms with Crippen molar-refractivity contribution in [1.29, 1.82) is 0 Å². The molecule has 0 spiro atoms. The molecule has 18 heavy (non-hydrogen) atoms. The number of hydrogen-bond acceptors (Lipinski definition) is 2. The summed E-state index contributed by atoms with van der Waals surface area (Å²) in [6.45, 7) is 3.53. The molecule has 0 aromatic heterocycles. The smallest absolute Gasteiger partial charge is 0.129 e. The van der Waals surface area contributed by atoms with Crippen molar-refractivity contribution < 1.29 is 9.13 Å². The second kappa shape index (κ2) is 5.08. The normalized spacial score (nSPS) is 10.2. The van der Waals surface area contributed by atoms with Crippen LogP contribution in [0.2, 0.25) is 0 Å². The van der Waals surface area contributed by atoms with Gasteiger partial charge in [0, 0.05) is 11.4 Å². The highest BCUT2D eigenvalue weighted by Gasteiger charge is 2.04. The van der Waals surface area contributed by atoms with Crippen LogP contribution in [0, 0.1) is 19.7 Å². The average molecular weight is 245 g/mol. The molecule has 0 atom stereocenters. The van der Waals surface area contributed by atoms with Crippen molar-refractivity contribution >= 4 is 11.4 Å². The summed E-state index contributed by atoms with van der Waals surface area (Å²) in [5, 5.41) is 3.24. The van der Waals surface area contributed by atoms with E-state index >= 15 is 0 Å². The van der Waals surface area contributed by atoms with E-state index in [1.54, 1.807) is 33.1 Å². The van der Waals surface area contributed by atoms with E-state index in [0.29, 0.717) is 11.1 Å². The quantitative estimate of drug-likeness (QED) is 0.875. The highest BCUT2D eigenvalue weighted by Crippen LogP contribution is 2.23. The summed E-state index contributed by atoms with van der Waals surface area (Å²) in [6.07, 6.45) is 0. The minimum atomic E-state index is -0.143. The van der Waals surface area contributed by atoms with E-state index in [-0.39, 0.29) is 5.82 Å². The Kier molecular flexibility index (Phi) is 3.51. The summed E-state index contributed by atoms with van der Waals surface area (Å²) in [5.74, 6) is 0.669. The Morgan fingerprint density at radius 1 is 0.944 bits per heavy atom. The SMILES string of the molecule is COc1ccc(Nc2cc(C)c(F)c(C)c2)cc1. The van der Waals surface area contributed by atoms with Crippen molar-refractivity contribution in [2.24, 2.45) is 0 Å². The van der Waals surface area contributed by atoms with Crippen molar-refractivity contribution in [3.63, 3.8) is 0 Å². The molecule has 0 bridgehead atoms. The minimum absolute atomic E-state index is 0.143. The van der Waals surface area contributed by atoms with Crippen LogP contribution in [-0.4, -0.2) is 7.11 Å². The van der Waals surface area contributed by atoms with Gasteiger partial charge in [0.15, 0.2) is 0 Å². The van der Waals surface area contributed by atoms with Crippen molar-refractivity contribution in [3.05, 3.63) is 53.3 Å². The lowest BCUT2D eigenvalue weighted by Crippen LogP contribution is -1.95. The summed E-state index contributed by atoms with van der Waals surface area (Å²) in [7, 11) is 1.63. The summed E-state index contributed by atoms with van der Waals surface area (Å²) >= 11 is 0. The molecule has 0 heterocycles. The van der Waals surface area contributed by atoms with Gasteiger partial charge in [-0.25, -0.2) is 4.39 Å². The van der Waals surface area contributed by atoms with Gasteiger partial charge >= 0.3 is 0 Å². The fraction of sp³-hybridized carbons (Fsp3) is 0.200. The number of ether oxygens (including phenoxy) is 1. The maximum absolute atomic E-state index is 13.5. The van der Waals surface area contributed by atoms with Crippen molar-refractivity contribution in [3.8, 4) is 5.75 Å². The highest BCUT2D eigenvalue weighted by molar-refractivity contribution is 5.62. The molecule has 0 saturated carbocycles. The molecule has 2 nitrogen and oxygen atoms in total. The molecule has 0 amide bonds. The van der Waals surface area contributed by atoms with Crippen molar-refractivity contribution in [1.82, 2.24) is 0 Å². The zero-order valence-corrected chi connectivity index (χ0v) is 10.8. The molecule has 2 rings (SSSR count). The molecular weight excluding hydrogens is 229 g/mol. The van der Waals surface area contributed by atoms with E-state index in [1.807, 2.05) is 24.3 Å². The Morgan fingerprint density at radius 2 is 1.50 bits per heavy atom. The Morgan fingerprint density at radius 3 is 2.00 bits per heavy atom. The predicted octanol–water partition coefficient (Wildman–Crippen LogP) is 4.19. The van der Waals surface area contributed by atoms with Crippen LogP contribution in [0.3, 0.4) is 0 Å². The maximum atomic E-state index is 13.5. The zero-order chi connectivity index (χ0) is 13.1. The van der Waals surface area contributed by atoms with Gasteiger partial charge in [0.25, 0.3) is 0 Å².